The summed E-state index contributed by atoms with van der Waals surface area (Å²) < 4.78 is 22.7. The number of hydrogen-bond acceptors (Lipinski definition) is 4. The molecule has 0 bridgehead atoms. The van der Waals surface area contributed by atoms with E-state index in [0.29, 0.717) is 4.88 Å². The van der Waals surface area contributed by atoms with Gasteiger partial charge in [-0.25, -0.2) is 9.86 Å². The van der Waals surface area contributed by atoms with E-state index < -0.39 is 16.1 Å². The Bertz CT molecular complexity index is 421. The number of carbonyl (C=O) groups is 1. The summed E-state index contributed by atoms with van der Waals surface area (Å²) >= 11 is 1.17. The van der Waals surface area contributed by atoms with Crippen LogP contribution in [0.4, 0.5) is 0 Å². The third-order valence-electron chi connectivity index (χ3n) is 1.30. The lowest BCUT2D eigenvalue weighted by Crippen LogP contribution is -2.35. The van der Waals surface area contributed by atoms with Crippen LogP contribution in [0, 0.1) is 6.92 Å². The van der Waals surface area contributed by atoms with E-state index in [1.165, 1.54) is 11.3 Å². The topological polar surface area (TPSA) is 89.3 Å². The van der Waals surface area contributed by atoms with Crippen molar-refractivity contribution in [3.8, 4) is 0 Å². The van der Waals surface area contributed by atoms with Crippen LogP contribution in [0.5, 0.6) is 0 Å². The minimum Gasteiger partial charge on any atom is -0.267 e. The normalized spacial score (nSPS) is 11.2. The largest absolute Gasteiger partial charge is 0.299 e. The Balaban J connectivity index is 2.88. The zero-order valence-electron chi connectivity index (χ0n) is 6.77. The molecule has 1 rings (SSSR count). The van der Waals surface area contributed by atoms with Gasteiger partial charge in [-0.15, -0.1) is 11.3 Å². The summed E-state index contributed by atoms with van der Waals surface area (Å²) in [4.78, 5) is 11.5. The first-order valence-corrected chi connectivity index (χ1v) is 5.72. The molecule has 1 amide bonds. The Labute approximate surface area is 79.7 Å². The fourth-order valence-corrected chi connectivity index (χ4v) is 2.03. The van der Waals surface area contributed by atoms with Crippen LogP contribution >= 0.6 is 11.3 Å². The molecule has 0 aromatic carbocycles. The highest BCUT2D eigenvalue weighted by Crippen LogP contribution is 2.14. The Hall–Kier alpha value is -0.920. The fourth-order valence-electron chi connectivity index (χ4n) is 0.781. The molecule has 1 aromatic rings. The van der Waals surface area contributed by atoms with Gasteiger partial charge >= 0.3 is 0 Å². The van der Waals surface area contributed by atoms with Gasteiger partial charge in [-0.1, -0.05) is 0 Å². The summed E-state index contributed by atoms with van der Waals surface area (Å²) in [6, 6.07) is 1.72. The van der Waals surface area contributed by atoms with Crippen LogP contribution in [0.15, 0.2) is 11.4 Å². The zero-order chi connectivity index (χ0) is 10.1. The van der Waals surface area contributed by atoms with Crippen LogP contribution in [0.2, 0.25) is 0 Å². The number of nitrogens with two attached hydrogens (primary N) is 1. The van der Waals surface area contributed by atoms with E-state index in [-0.39, 0.29) is 0 Å². The molecule has 0 radical (unpaired) electrons. The molecule has 7 heteroatoms. The van der Waals surface area contributed by atoms with Gasteiger partial charge in [0, 0.05) is 0 Å². The fraction of sp³-hybridized carbons (Fsp3) is 0.167. The van der Waals surface area contributed by atoms with Crippen molar-refractivity contribution in [1.29, 1.82) is 0 Å². The summed E-state index contributed by atoms with van der Waals surface area (Å²) in [6.07, 6.45) is 0. The Kier molecular flexibility index (Phi) is 2.69. The number of amides is 1. The third-order valence-corrected chi connectivity index (χ3v) is 2.79. The van der Waals surface area contributed by atoms with Gasteiger partial charge < -0.3 is 0 Å². The number of carbonyl (C=O) groups excluding carboxylic acids is 1. The van der Waals surface area contributed by atoms with Crippen LogP contribution in [0.1, 0.15) is 15.2 Å². The van der Waals surface area contributed by atoms with Crippen LogP contribution in [0.25, 0.3) is 0 Å². The lowest BCUT2D eigenvalue weighted by molar-refractivity contribution is 0.0985. The number of nitrogens with one attached hydrogen (secondary N) is 1. The molecule has 0 aliphatic carbocycles. The predicted molar refractivity (Wildman–Crippen MR) is 49.6 cm³/mol. The lowest BCUT2D eigenvalue weighted by Gasteiger charge is -1.99. The SMILES string of the molecule is Cc1ccsc1C(=O)NS(N)(=O)=O. The van der Waals surface area contributed by atoms with Crippen molar-refractivity contribution < 1.29 is 13.2 Å². The van der Waals surface area contributed by atoms with Crippen molar-refractivity contribution in [3.05, 3.63) is 21.9 Å². The number of aryl methyl sites for hydroxylation is 1. The third kappa shape index (κ3) is 2.79. The molecule has 0 saturated carbocycles. The van der Waals surface area contributed by atoms with Crippen molar-refractivity contribution in [2.24, 2.45) is 5.14 Å². The summed E-state index contributed by atoms with van der Waals surface area (Å²) in [5.41, 5.74) is 0.728. The molecule has 1 aromatic heterocycles. The maximum atomic E-state index is 11.2. The molecule has 0 saturated heterocycles. The molecule has 5 nitrogen and oxygen atoms in total. The molecule has 0 fully saturated rings. The highest BCUT2D eigenvalue weighted by molar-refractivity contribution is 7.87. The van der Waals surface area contributed by atoms with Crippen LogP contribution in [-0.4, -0.2) is 14.3 Å². The molecule has 0 aliphatic heterocycles. The van der Waals surface area contributed by atoms with Crippen LogP contribution in [0.3, 0.4) is 0 Å². The van der Waals surface area contributed by atoms with Crippen molar-refractivity contribution in [2.45, 2.75) is 6.92 Å². The van der Waals surface area contributed by atoms with Gasteiger partial charge in [0.1, 0.15) is 0 Å². The molecule has 0 aliphatic rings. The first-order valence-electron chi connectivity index (χ1n) is 3.29. The average molecular weight is 220 g/mol. The molecule has 13 heavy (non-hydrogen) atoms. The molecular weight excluding hydrogens is 212 g/mol. The molecule has 3 N–H and O–H groups in total. The summed E-state index contributed by atoms with van der Waals surface area (Å²) in [5.74, 6) is -0.685. The Morgan fingerprint density at radius 3 is 2.62 bits per heavy atom. The highest BCUT2D eigenvalue weighted by atomic mass is 32.2. The second-order valence-electron chi connectivity index (χ2n) is 2.41. The van der Waals surface area contributed by atoms with E-state index in [1.54, 1.807) is 23.1 Å². The summed E-state index contributed by atoms with van der Waals surface area (Å²) in [5, 5.41) is 6.34. The number of rotatable bonds is 2. The Morgan fingerprint density at radius 1 is 1.62 bits per heavy atom. The number of hydrogen-bond donors (Lipinski definition) is 2. The zero-order valence-corrected chi connectivity index (χ0v) is 8.41. The molecule has 0 spiro atoms. The van der Waals surface area contributed by atoms with E-state index in [4.69, 9.17) is 0 Å². The first kappa shape index (κ1) is 10.2. The second kappa shape index (κ2) is 3.44. The maximum Gasteiger partial charge on any atom is 0.299 e. The number of thiophene rings is 1. The van der Waals surface area contributed by atoms with E-state index in [0.717, 1.165) is 5.56 Å². The lowest BCUT2D eigenvalue weighted by atomic mass is 10.3. The van der Waals surface area contributed by atoms with Gasteiger partial charge in [-0.2, -0.15) is 8.42 Å². The maximum absolute atomic E-state index is 11.2. The van der Waals surface area contributed by atoms with E-state index in [1.807, 2.05) is 0 Å². The van der Waals surface area contributed by atoms with Gasteiger partial charge in [0.05, 0.1) is 4.88 Å². The Morgan fingerprint density at radius 2 is 2.23 bits per heavy atom. The van der Waals surface area contributed by atoms with Crippen LogP contribution < -0.4 is 9.86 Å². The van der Waals surface area contributed by atoms with Gasteiger partial charge in [-0.05, 0) is 23.9 Å². The minimum atomic E-state index is -3.96. The quantitative estimate of drug-likeness (QED) is 0.734. The van der Waals surface area contributed by atoms with E-state index in [2.05, 4.69) is 5.14 Å². The van der Waals surface area contributed by atoms with E-state index >= 15 is 0 Å². The van der Waals surface area contributed by atoms with E-state index in [9.17, 15) is 13.2 Å². The molecule has 1 heterocycles. The predicted octanol–water partition coefficient (Wildman–Crippen LogP) is -0.0102. The van der Waals surface area contributed by atoms with Gasteiger partial charge in [0.2, 0.25) is 0 Å². The highest BCUT2D eigenvalue weighted by Gasteiger charge is 2.14. The molecular formula is C6H8N2O3S2. The summed E-state index contributed by atoms with van der Waals surface area (Å²) in [7, 11) is -3.96. The van der Waals surface area contributed by atoms with Crippen LogP contribution in [-0.2, 0) is 10.2 Å². The molecule has 0 unspecified atom stereocenters. The van der Waals surface area contributed by atoms with Gasteiger partial charge in [0.25, 0.3) is 16.1 Å². The van der Waals surface area contributed by atoms with Crippen molar-refractivity contribution in [1.82, 2.24) is 4.72 Å². The summed E-state index contributed by atoms with van der Waals surface area (Å²) in [6.45, 7) is 1.72. The van der Waals surface area contributed by atoms with Crippen molar-refractivity contribution in [2.75, 3.05) is 0 Å². The minimum absolute atomic E-state index is 0.356. The van der Waals surface area contributed by atoms with Crippen molar-refractivity contribution >= 4 is 27.5 Å². The van der Waals surface area contributed by atoms with Crippen molar-refractivity contribution in [3.63, 3.8) is 0 Å². The molecule has 0 atom stereocenters. The standard InChI is InChI=1S/C6H8N2O3S2/c1-4-2-3-12-5(4)6(9)8-13(7,10)11/h2-3H,1H3,(H,8,9)(H2,7,10,11). The molecule has 72 valence electrons. The van der Waals surface area contributed by atoms with Gasteiger partial charge in [-0.3, -0.25) is 4.79 Å². The van der Waals surface area contributed by atoms with Gasteiger partial charge in [0.15, 0.2) is 0 Å². The first-order chi connectivity index (χ1) is 5.90. The monoisotopic (exact) mass is 220 g/mol. The second-order valence-corrected chi connectivity index (χ2v) is 4.62. The average Bonchev–Trinajstić information content (AvgIpc) is 2.30. The smallest absolute Gasteiger partial charge is 0.267 e.